The minimum atomic E-state index is -2.89. The van der Waals surface area contributed by atoms with Crippen LogP contribution in [0.1, 0.15) is 47.5 Å². The molecule has 0 aromatic heterocycles. The monoisotopic (exact) mass is 1730 g/mol. The molecule has 684 valence electrons. The summed E-state index contributed by atoms with van der Waals surface area (Å²) in [6, 6.07) is -3.88. The van der Waals surface area contributed by atoms with Crippen molar-refractivity contribution in [1.29, 1.82) is 0 Å². The molecule has 9 aliphatic heterocycles. The van der Waals surface area contributed by atoms with Gasteiger partial charge in [0.2, 0.25) is 11.8 Å². The molecule has 0 bridgehead atoms. The van der Waals surface area contributed by atoms with Gasteiger partial charge >= 0.3 is 11.9 Å². The smallest absolute Gasteiger partial charge is 0.364 e. The molecule has 0 aliphatic carbocycles. The number of rotatable bonds is 33. The molecule has 0 saturated carbocycles. The first-order chi connectivity index (χ1) is 55.5. The Morgan fingerprint density at radius 1 is 0.364 bits per heavy atom. The van der Waals surface area contributed by atoms with Gasteiger partial charge in [-0.25, -0.2) is 9.59 Å². The number of carbonyl (C=O) groups excluding carboxylic acids is 2. The average molecular weight is 1730 g/mol. The van der Waals surface area contributed by atoms with Crippen molar-refractivity contribution in [2.75, 3.05) is 59.5 Å². The van der Waals surface area contributed by atoms with Crippen LogP contribution in [0.2, 0.25) is 0 Å². The number of hydrogen-bond donors (Lipinski definition) is 30. The Hall–Kier alpha value is -3.84. The molecule has 51 heteroatoms. The van der Waals surface area contributed by atoms with E-state index in [1.807, 2.05) is 0 Å². The summed E-state index contributed by atoms with van der Waals surface area (Å²) in [5.41, 5.74) is 0. The largest absolute Gasteiger partial charge is 0.477 e. The molecule has 47 atom stereocenters. The average Bonchev–Trinajstić information content (AvgIpc) is 0.777. The van der Waals surface area contributed by atoms with Gasteiger partial charge < -0.3 is 234 Å². The van der Waals surface area contributed by atoms with E-state index in [0.29, 0.717) is 0 Å². The van der Waals surface area contributed by atoms with Crippen molar-refractivity contribution in [3.63, 3.8) is 0 Å². The lowest BCUT2D eigenvalue weighted by atomic mass is 9.84. The second-order valence-electron chi connectivity index (χ2n) is 30.7. The fourth-order valence-corrected chi connectivity index (χ4v) is 15.4. The highest BCUT2D eigenvalue weighted by Crippen LogP contribution is 2.43. The predicted octanol–water partition coefficient (Wildman–Crippen LogP) is -18.3. The molecular weight excluding hydrogens is 1620 g/mol. The van der Waals surface area contributed by atoms with Crippen molar-refractivity contribution >= 4 is 23.8 Å². The van der Waals surface area contributed by atoms with Gasteiger partial charge in [-0.1, -0.05) is 13.8 Å². The molecule has 0 aromatic carbocycles. The number of aliphatic hydroxyl groups excluding tert-OH is 26. The Labute approximate surface area is 669 Å². The summed E-state index contributed by atoms with van der Waals surface area (Å²) in [7, 11) is 0. The lowest BCUT2D eigenvalue weighted by Crippen LogP contribution is -2.70. The molecule has 9 saturated heterocycles. The molecule has 0 aromatic rings. The third-order valence-corrected chi connectivity index (χ3v) is 22.5. The van der Waals surface area contributed by atoms with Crippen molar-refractivity contribution in [1.82, 2.24) is 10.6 Å². The van der Waals surface area contributed by atoms with E-state index >= 15 is 0 Å². The van der Waals surface area contributed by atoms with E-state index in [2.05, 4.69) is 10.6 Å². The molecule has 2 amide bonds. The first-order valence-corrected chi connectivity index (χ1v) is 37.9. The van der Waals surface area contributed by atoms with Gasteiger partial charge in [0.05, 0.1) is 90.0 Å². The van der Waals surface area contributed by atoms with E-state index in [0.717, 1.165) is 13.8 Å². The molecule has 9 rings (SSSR count). The molecule has 0 radical (unpaired) electrons. The van der Waals surface area contributed by atoms with Crippen LogP contribution in [0.25, 0.3) is 0 Å². The van der Waals surface area contributed by atoms with E-state index in [1.54, 1.807) is 0 Å². The van der Waals surface area contributed by atoms with E-state index < -0.39 is 383 Å². The zero-order chi connectivity index (χ0) is 87.5. The van der Waals surface area contributed by atoms with Crippen LogP contribution in [0.15, 0.2) is 0 Å². The van der Waals surface area contributed by atoms with Gasteiger partial charge in [-0.15, -0.1) is 0 Å². The number of aliphatic hydroxyl groups is 26. The lowest BCUT2D eigenvalue weighted by molar-refractivity contribution is -0.386. The zero-order valence-corrected chi connectivity index (χ0v) is 63.9. The first kappa shape index (κ1) is 98.0. The highest BCUT2D eigenvalue weighted by molar-refractivity contribution is 5.76. The summed E-state index contributed by atoms with van der Waals surface area (Å²) in [6.45, 7) is -3.89. The summed E-state index contributed by atoms with van der Waals surface area (Å²) in [5.74, 6) is -13.7. The maximum atomic E-state index is 13.0. The van der Waals surface area contributed by atoms with Crippen LogP contribution in [-0.2, 0) is 99.7 Å². The van der Waals surface area contributed by atoms with Gasteiger partial charge in [-0.05, 0) is 6.92 Å². The Morgan fingerprint density at radius 3 is 1.06 bits per heavy atom. The molecule has 9 heterocycles. The molecule has 44 unspecified atom stereocenters. The number of amides is 2. The summed E-state index contributed by atoms with van der Waals surface area (Å²) in [6.07, 6.45) is -84.4. The van der Waals surface area contributed by atoms with Crippen LogP contribution in [0.4, 0.5) is 0 Å². The SMILES string of the molecule is CC(=O)NC1C(OC2C(OCC3OC(C)C(O)C(OC4OC(CO)C(O)C(O)[C@@H]4OC4OC(CO)C(OC5OC(COC6(C(=O)O)CC(O)C(C)C(C(O)[C@H](O)CO)O6)C(O)C(O)C5O)C(O)C4NC(C)=O)C3O)OC(CO)C(O)C2O)OC(CO)C(OC2OC(COC3(C(=O)O)CC(O)C(C)C(C(O)[C@H](O)CO)O3)C(O)C(O)C2O)C1O. The van der Waals surface area contributed by atoms with Crippen LogP contribution in [0, 0.1) is 11.8 Å². The van der Waals surface area contributed by atoms with Gasteiger partial charge in [0.15, 0.2) is 37.7 Å². The standard InChI is InChI=1S/C67H112N2O49/c1-17-22(78)6-66(64(98)99,117-51(17)36(83)24(80)8-70)103-15-31-40(87)45(92)49(96)60(110-31)112-53-28(12-74)108-58(33(43(53)90)68-20(4)76)115-56-47(94)38(85)26(10-72)106-62(56)102-14-30-42(89)55(35(82)19(3)105-30)114-63-57(48(95)39(86)27(11-73)107-63)116-59-34(69-21(5)77)44(91)54(29(13-75)109-59)113-61-50(97)46(93)41(88)32(111-61)16-104-67(65(100)101)7-23(79)18(2)52(118-67)37(84)25(81)9-71/h17-19,22-63,70-75,78-97H,6-16H2,1-5H3,(H,68,76)(H,69,77)(H,98,99)(H,100,101)/t17?,18?,19?,22?,23?,24-,25-,26?,27?,28?,29?,30?,31?,32?,33?,34?,35?,36?,37?,38?,39?,40?,41?,42?,43?,44?,45?,46?,47?,48?,49?,50?,51?,52?,53?,54?,55?,56?,57+,58?,59?,60?,61?,62?,63?,66?,67?/m1/s1. The maximum absolute atomic E-state index is 13.0. The number of carboxylic acid groups (broad SMARTS) is 2. The predicted molar refractivity (Wildman–Crippen MR) is 364 cm³/mol. The molecule has 51 nitrogen and oxygen atoms in total. The summed E-state index contributed by atoms with van der Waals surface area (Å²) >= 11 is 0. The van der Waals surface area contributed by atoms with Crippen LogP contribution < -0.4 is 10.6 Å². The fourth-order valence-electron chi connectivity index (χ4n) is 15.4. The van der Waals surface area contributed by atoms with Crippen molar-refractivity contribution in [2.45, 2.75) is 322 Å². The Kier molecular flexibility index (Phi) is 34.5. The minimum Gasteiger partial charge on any atom is -0.477 e. The van der Waals surface area contributed by atoms with E-state index in [9.17, 15) is 162 Å². The maximum Gasteiger partial charge on any atom is 0.364 e. The minimum absolute atomic E-state index is 0.846. The number of hydrogen-bond acceptors (Lipinski definition) is 47. The van der Waals surface area contributed by atoms with Gasteiger partial charge in [-0.3, -0.25) is 9.59 Å². The van der Waals surface area contributed by atoms with Gasteiger partial charge in [0.25, 0.3) is 11.6 Å². The third kappa shape index (κ3) is 21.0. The van der Waals surface area contributed by atoms with E-state index in [-0.39, 0.29) is 0 Å². The topological polar surface area (TPSA) is 816 Å². The normalized spacial score (nSPS) is 48.2. The van der Waals surface area contributed by atoms with E-state index in [4.69, 9.17) is 80.5 Å². The molecule has 30 N–H and O–H groups in total. The molecule has 9 aliphatic rings. The van der Waals surface area contributed by atoms with Crippen molar-refractivity contribution in [3.05, 3.63) is 0 Å². The summed E-state index contributed by atoms with van der Waals surface area (Å²) in [5, 5.41) is 311. The molecule has 9 fully saturated rings. The first-order valence-electron chi connectivity index (χ1n) is 37.9. The van der Waals surface area contributed by atoms with Gasteiger partial charge in [0, 0.05) is 38.5 Å². The van der Waals surface area contributed by atoms with Crippen LogP contribution in [-0.4, -0.2) is 501 Å². The Bertz CT molecular complexity index is 3190. The third-order valence-electron chi connectivity index (χ3n) is 22.5. The lowest BCUT2D eigenvalue weighted by Gasteiger charge is -2.50. The quantitative estimate of drug-likeness (QED) is 0.0290. The zero-order valence-electron chi connectivity index (χ0n) is 63.9. The number of carboxylic acids is 2. The van der Waals surface area contributed by atoms with Crippen LogP contribution >= 0.6 is 0 Å². The Balaban J connectivity index is 0.891. The number of carbonyl (C=O) groups is 4. The molecular formula is C67H112N2O49. The summed E-state index contributed by atoms with van der Waals surface area (Å²) < 4.78 is 99.6. The van der Waals surface area contributed by atoms with Crippen LogP contribution in [0.3, 0.4) is 0 Å². The van der Waals surface area contributed by atoms with Gasteiger partial charge in [-0.2, -0.15) is 0 Å². The second kappa shape index (κ2) is 41.5. The van der Waals surface area contributed by atoms with Gasteiger partial charge in [0.1, 0.15) is 195 Å². The highest BCUT2D eigenvalue weighted by Gasteiger charge is 2.62. The van der Waals surface area contributed by atoms with Crippen LogP contribution in [0.5, 0.6) is 0 Å². The highest BCUT2D eigenvalue weighted by atomic mass is 16.8. The van der Waals surface area contributed by atoms with E-state index in [1.165, 1.54) is 20.8 Å². The summed E-state index contributed by atoms with van der Waals surface area (Å²) in [4.78, 5) is 51.5. The van der Waals surface area contributed by atoms with Crippen molar-refractivity contribution in [3.8, 4) is 0 Å². The number of aliphatic carboxylic acids is 2. The number of nitrogens with one attached hydrogen (secondary N) is 2. The fraction of sp³-hybridized carbons (Fsp3) is 0.940. The van der Waals surface area contributed by atoms with Crippen molar-refractivity contribution < 1.29 is 243 Å². The molecule has 0 spiro atoms. The Morgan fingerprint density at radius 2 is 0.695 bits per heavy atom. The second-order valence-corrected chi connectivity index (χ2v) is 30.7. The van der Waals surface area contributed by atoms with Crippen molar-refractivity contribution in [2.24, 2.45) is 11.8 Å². The molecule has 118 heavy (non-hydrogen) atoms. The number of ether oxygens (including phenoxy) is 17.